The quantitative estimate of drug-likeness (QED) is 0.490. The van der Waals surface area contributed by atoms with E-state index in [1.165, 1.54) is 12.1 Å². The van der Waals surface area contributed by atoms with Crippen LogP contribution in [0, 0.1) is 0 Å². The number of ketones is 1. The topological polar surface area (TPSA) is 93.3 Å². The van der Waals surface area contributed by atoms with E-state index in [1.807, 2.05) is 30.5 Å². The summed E-state index contributed by atoms with van der Waals surface area (Å²) < 4.78 is 0. The summed E-state index contributed by atoms with van der Waals surface area (Å²) in [6, 6.07) is 14.1. The number of rotatable bonds is 4. The van der Waals surface area contributed by atoms with Gasteiger partial charge in [-0.15, -0.1) is 0 Å². The molecule has 1 heterocycles. The molecule has 0 spiro atoms. The molecule has 0 saturated carbocycles. The maximum atomic E-state index is 13.2. The van der Waals surface area contributed by atoms with Gasteiger partial charge in [0, 0.05) is 29.1 Å². The van der Waals surface area contributed by atoms with Gasteiger partial charge in [0.1, 0.15) is 0 Å². The summed E-state index contributed by atoms with van der Waals surface area (Å²) in [5.41, 5.74) is 10.7. The maximum Gasteiger partial charge on any atom is 0.337 e. The van der Waals surface area contributed by atoms with Crippen LogP contribution < -0.4 is 5.73 Å². The van der Waals surface area contributed by atoms with E-state index in [1.54, 1.807) is 18.3 Å². The first-order valence-corrected chi connectivity index (χ1v) is 9.71. The number of carboxylic acids is 1. The highest BCUT2D eigenvalue weighted by molar-refractivity contribution is 6.14. The third kappa shape index (κ3) is 3.28. The van der Waals surface area contributed by atoms with Crippen LogP contribution in [0.5, 0.6) is 0 Å². The summed E-state index contributed by atoms with van der Waals surface area (Å²) in [5, 5.41) is 9.31. The van der Waals surface area contributed by atoms with E-state index in [2.05, 4.69) is 24.9 Å². The third-order valence-corrected chi connectivity index (χ3v) is 5.67. The zero-order chi connectivity index (χ0) is 21.5. The first kappa shape index (κ1) is 19.6. The summed E-state index contributed by atoms with van der Waals surface area (Å²) >= 11 is 0. The molecule has 1 aliphatic rings. The van der Waals surface area contributed by atoms with Gasteiger partial charge in [0.2, 0.25) is 0 Å². The largest absolute Gasteiger partial charge is 0.478 e. The Kier molecular flexibility index (Phi) is 4.74. The molecule has 0 fully saturated rings. The Morgan fingerprint density at radius 1 is 1.07 bits per heavy atom. The second-order valence-corrected chi connectivity index (χ2v) is 8.11. The van der Waals surface area contributed by atoms with E-state index in [9.17, 15) is 14.7 Å². The lowest BCUT2D eigenvalue weighted by Crippen LogP contribution is -2.22. The molecule has 1 aromatic heterocycles. The van der Waals surface area contributed by atoms with Crippen LogP contribution in [0.3, 0.4) is 0 Å². The SMILES string of the molecule is CC1(C)CC=C(c2cccnc2)c2cc(C(=O)c3cccc(C(=O)O)c3N)ccc21. The molecule has 1 aliphatic carbocycles. The van der Waals surface area contributed by atoms with E-state index in [4.69, 9.17) is 5.73 Å². The number of carbonyl (C=O) groups is 2. The van der Waals surface area contributed by atoms with Crippen LogP contribution in [-0.2, 0) is 5.41 Å². The Morgan fingerprint density at radius 3 is 2.53 bits per heavy atom. The summed E-state index contributed by atoms with van der Waals surface area (Å²) in [4.78, 5) is 28.9. The number of allylic oxidation sites excluding steroid dienone is 1. The van der Waals surface area contributed by atoms with Crippen molar-refractivity contribution < 1.29 is 14.7 Å². The zero-order valence-electron chi connectivity index (χ0n) is 16.8. The molecule has 0 radical (unpaired) electrons. The highest BCUT2D eigenvalue weighted by atomic mass is 16.4. The van der Waals surface area contributed by atoms with Gasteiger partial charge in [-0.1, -0.05) is 44.2 Å². The monoisotopic (exact) mass is 398 g/mol. The molecule has 0 unspecified atom stereocenters. The smallest absolute Gasteiger partial charge is 0.337 e. The Morgan fingerprint density at radius 2 is 1.83 bits per heavy atom. The molecule has 3 N–H and O–H groups in total. The molecular weight excluding hydrogens is 376 g/mol. The second-order valence-electron chi connectivity index (χ2n) is 8.11. The molecule has 4 rings (SSSR count). The number of benzene rings is 2. The van der Waals surface area contributed by atoms with Crippen molar-refractivity contribution in [2.75, 3.05) is 5.73 Å². The van der Waals surface area contributed by atoms with Gasteiger partial charge in [-0.25, -0.2) is 4.79 Å². The Labute approximate surface area is 174 Å². The van der Waals surface area contributed by atoms with Crippen molar-refractivity contribution in [3.8, 4) is 0 Å². The Balaban J connectivity index is 1.84. The number of hydrogen-bond acceptors (Lipinski definition) is 4. The molecule has 3 aromatic rings. The number of nitrogens with zero attached hydrogens (tertiary/aromatic N) is 1. The van der Waals surface area contributed by atoms with Crippen LogP contribution >= 0.6 is 0 Å². The van der Waals surface area contributed by atoms with Crippen molar-refractivity contribution >= 4 is 23.0 Å². The van der Waals surface area contributed by atoms with Gasteiger partial charge in [0.25, 0.3) is 0 Å². The van der Waals surface area contributed by atoms with E-state index in [-0.39, 0.29) is 28.0 Å². The van der Waals surface area contributed by atoms with Crippen molar-refractivity contribution in [3.05, 3.63) is 100 Å². The number of anilines is 1. The van der Waals surface area contributed by atoms with Crippen molar-refractivity contribution in [2.24, 2.45) is 0 Å². The minimum atomic E-state index is -1.16. The third-order valence-electron chi connectivity index (χ3n) is 5.67. The van der Waals surface area contributed by atoms with Gasteiger partial charge >= 0.3 is 5.97 Å². The number of carbonyl (C=O) groups excluding carboxylic acids is 1. The second kappa shape index (κ2) is 7.26. The fourth-order valence-electron chi connectivity index (χ4n) is 3.98. The normalized spacial score (nSPS) is 14.5. The number of aromatic nitrogens is 1. The lowest BCUT2D eigenvalue weighted by Gasteiger charge is -2.32. The van der Waals surface area contributed by atoms with Gasteiger partial charge < -0.3 is 10.8 Å². The lowest BCUT2D eigenvalue weighted by molar-refractivity contribution is 0.0698. The minimum Gasteiger partial charge on any atom is -0.478 e. The maximum absolute atomic E-state index is 13.2. The number of hydrogen-bond donors (Lipinski definition) is 2. The standard InChI is InChI=1S/C25H22N2O3/c1-25(2)11-10-17(16-5-4-12-27-14-16)20-13-15(8-9-21(20)25)23(28)18-6-3-7-19(22(18)26)24(29)30/h3-10,12-14H,11,26H2,1-2H3,(H,29,30). The number of para-hydroxylation sites is 1. The summed E-state index contributed by atoms with van der Waals surface area (Å²) in [6.45, 7) is 4.36. The van der Waals surface area contributed by atoms with Gasteiger partial charge in [0.05, 0.1) is 11.3 Å². The fourth-order valence-corrected chi connectivity index (χ4v) is 3.98. The number of nitrogens with two attached hydrogens (primary N) is 1. The number of aromatic carboxylic acids is 1. The first-order valence-electron chi connectivity index (χ1n) is 9.71. The number of fused-ring (bicyclic) bond motifs is 1. The van der Waals surface area contributed by atoms with Crippen LogP contribution in [0.25, 0.3) is 5.57 Å². The van der Waals surface area contributed by atoms with Gasteiger partial charge in [-0.2, -0.15) is 0 Å². The van der Waals surface area contributed by atoms with Gasteiger partial charge in [0.15, 0.2) is 5.78 Å². The predicted octanol–water partition coefficient (Wildman–Crippen LogP) is 4.71. The summed E-state index contributed by atoms with van der Waals surface area (Å²) in [6.07, 6.45) is 6.62. The molecule has 30 heavy (non-hydrogen) atoms. The molecule has 5 heteroatoms. The lowest BCUT2D eigenvalue weighted by atomic mass is 9.72. The van der Waals surface area contributed by atoms with Gasteiger partial charge in [-0.3, -0.25) is 9.78 Å². The van der Waals surface area contributed by atoms with Crippen molar-refractivity contribution in [1.82, 2.24) is 4.98 Å². The Bertz CT molecular complexity index is 1190. The van der Waals surface area contributed by atoms with Gasteiger partial charge in [-0.05, 0) is 52.8 Å². The molecule has 0 amide bonds. The van der Waals surface area contributed by atoms with E-state index >= 15 is 0 Å². The predicted molar refractivity (Wildman–Crippen MR) is 117 cm³/mol. The van der Waals surface area contributed by atoms with E-state index in [0.717, 1.165) is 28.7 Å². The van der Waals surface area contributed by atoms with Crippen molar-refractivity contribution in [3.63, 3.8) is 0 Å². The van der Waals surface area contributed by atoms with Crippen LogP contribution in [0.15, 0.2) is 67.0 Å². The molecule has 0 aliphatic heterocycles. The highest BCUT2D eigenvalue weighted by Gasteiger charge is 2.29. The number of nitrogen functional groups attached to an aromatic ring is 1. The molecule has 0 saturated heterocycles. The van der Waals surface area contributed by atoms with Crippen LogP contribution in [0.2, 0.25) is 0 Å². The first-order chi connectivity index (χ1) is 14.3. The molecule has 5 nitrogen and oxygen atoms in total. The van der Waals surface area contributed by atoms with E-state index in [0.29, 0.717) is 5.56 Å². The fraction of sp³-hybridized carbons (Fsp3) is 0.160. The molecule has 150 valence electrons. The molecule has 2 aromatic carbocycles. The molecular formula is C25H22N2O3. The number of carboxylic acid groups (broad SMARTS) is 1. The highest BCUT2D eigenvalue weighted by Crippen LogP contribution is 2.41. The average molecular weight is 398 g/mol. The van der Waals surface area contributed by atoms with Crippen LogP contribution in [0.1, 0.15) is 63.2 Å². The molecule has 0 bridgehead atoms. The van der Waals surface area contributed by atoms with E-state index < -0.39 is 5.97 Å². The average Bonchev–Trinajstić information content (AvgIpc) is 2.73. The molecule has 0 atom stereocenters. The summed E-state index contributed by atoms with van der Waals surface area (Å²) in [5.74, 6) is -1.46. The number of pyridine rings is 1. The van der Waals surface area contributed by atoms with Crippen LogP contribution in [0.4, 0.5) is 5.69 Å². The van der Waals surface area contributed by atoms with Crippen molar-refractivity contribution in [2.45, 2.75) is 25.7 Å². The van der Waals surface area contributed by atoms with Crippen molar-refractivity contribution in [1.29, 1.82) is 0 Å². The summed E-state index contributed by atoms with van der Waals surface area (Å²) in [7, 11) is 0. The Hall–Kier alpha value is -3.73. The zero-order valence-corrected chi connectivity index (χ0v) is 16.8. The van der Waals surface area contributed by atoms with Crippen LogP contribution in [-0.4, -0.2) is 21.8 Å². The minimum absolute atomic E-state index is 0.0175.